The van der Waals surface area contributed by atoms with E-state index in [-0.39, 0.29) is 35.0 Å². The number of nitrogens with zero attached hydrogens (tertiary/aromatic N) is 1. The van der Waals surface area contributed by atoms with Crippen molar-refractivity contribution in [3.63, 3.8) is 0 Å². The van der Waals surface area contributed by atoms with Gasteiger partial charge in [-0.3, -0.25) is 4.98 Å². The molecular weight excluding hydrogens is 113 g/mol. The SMILES string of the molecule is [Na+].[OH-].c1ccncc1. The van der Waals surface area contributed by atoms with Crippen molar-refractivity contribution in [1.29, 1.82) is 0 Å². The number of rotatable bonds is 0. The van der Waals surface area contributed by atoms with Gasteiger partial charge in [-0.2, -0.15) is 0 Å². The Labute approximate surface area is 70.5 Å². The molecule has 0 unspecified atom stereocenters. The summed E-state index contributed by atoms with van der Waals surface area (Å²) in [7, 11) is 0. The molecule has 0 aliphatic carbocycles. The molecule has 3 heteroatoms. The van der Waals surface area contributed by atoms with E-state index in [2.05, 4.69) is 4.98 Å². The zero-order valence-corrected chi connectivity index (χ0v) is 6.78. The third-order valence-electron chi connectivity index (χ3n) is 0.566. The Balaban J connectivity index is 0. The largest absolute Gasteiger partial charge is 1.00 e. The molecule has 1 rings (SSSR count). The van der Waals surface area contributed by atoms with Crippen LogP contribution >= 0.6 is 0 Å². The number of aromatic nitrogens is 1. The van der Waals surface area contributed by atoms with Gasteiger partial charge >= 0.3 is 29.6 Å². The maximum absolute atomic E-state index is 3.78. The molecule has 0 saturated heterocycles. The van der Waals surface area contributed by atoms with Gasteiger partial charge in [-0.25, -0.2) is 0 Å². The van der Waals surface area contributed by atoms with Gasteiger partial charge in [0.2, 0.25) is 0 Å². The summed E-state index contributed by atoms with van der Waals surface area (Å²) in [6.07, 6.45) is 3.50. The first-order valence-electron chi connectivity index (χ1n) is 1.85. The Morgan fingerprint density at radius 1 is 0.875 bits per heavy atom. The van der Waals surface area contributed by atoms with Crippen molar-refractivity contribution in [2.45, 2.75) is 0 Å². The van der Waals surface area contributed by atoms with Crippen LogP contribution in [0.2, 0.25) is 0 Å². The quantitative estimate of drug-likeness (QED) is 0.367. The van der Waals surface area contributed by atoms with Gasteiger partial charge < -0.3 is 5.48 Å². The average molecular weight is 119 g/mol. The summed E-state index contributed by atoms with van der Waals surface area (Å²) < 4.78 is 0. The van der Waals surface area contributed by atoms with E-state index in [4.69, 9.17) is 0 Å². The Kier molecular flexibility index (Phi) is 9.76. The van der Waals surface area contributed by atoms with Crippen LogP contribution in [-0.2, 0) is 0 Å². The monoisotopic (exact) mass is 119 g/mol. The molecule has 0 amide bonds. The fourth-order valence-electron chi connectivity index (χ4n) is 0.313. The van der Waals surface area contributed by atoms with Crippen LogP contribution < -0.4 is 29.6 Å². The molecule has 0 atom stereocenters. The van der Waals surface area contributed by atoms with E-state index in [1.165, 1.54) is 0 Å². The molecule has 2 nitrogen and oxygen atoms in total. The molecule has 0 aromatic carbocycles. The van der Waals surface area contributed by atoms with Crippen molar-refractivity contribution in [2.24, 2.45) is 0 Å². The third-order valence-corrected chi connectivity index (χ3v) is 0.566. The van der Waals surface area contributed by atoms with Gasteiger partial charge in [-0.15, -0.1) is 0 Å². The molecule has 0 fully saturated rings. The molecule has 0 aliphatic rings. The van der Waals surface area contributed by atoms with Crippen LogP contribution in [0.3, 0.4) is 0 Å². The standard InChI is InChI=1S/C5H5N.Na.H2O/c1-2-4-6-5-3-1;;/h1-5H;;1H2/q;+1;/p-1. The molecular formula is C5H6NNaO. The van der Waals surface area contributed by atoms with E-state index in [0.717, 1.165) is 0 Å². The second kappa shape index (κ2) is 7.11. The summed E-state index contributed by atoms with van der Waals surface area (Å²) in [5.41, 5.74) is 0. The van der Waals surface area contributed by atoms with Gasteiger partial charge in [0, 0.05) is 12.4 Å². The smallest absolute Gasteiger partial charge is 0.870 e. The molecule has 1 N–H and O–H groups in total. The molecule has 1 aromatic heterocycles. The Morgan fingerprint density at radius 3 is 1.50 bits per heavy atom. The summed E-state index contributed by atoms with van der Waals surface area (Å²) in [6.45, 7) is 0. The summed E-state index contributed by atoms with van der Waals surface area (Å²) in [5, 5.41) is 0. The average Bonchev–Trinajstić information content (AvgIpc) is 1.72. The van der Waals surface area contributed by atoms with Crippen LogP contribution in [0, 0.1) is 0 Å². The van der Waals surface area contributed by atoms with Gasteiger partial charge in [0.1, 0.15) is 0 Å². The predicted octanol–water partition coefficient (Wildman–Crippen LogP) is -2.09. The Hall–Kier alpha value is 0.110. The van der Waals surface area contributed by atoms with Crippen LogP contribution in [0.15, 0.2) is 30.6 Å². The summed E-state index contributed by atoms with van der Waals surface area (Å²) >= 11 is 0. The molecule has 0 saturated carbocycles. The van der Waals surface area contributed by atoms with E-state index in [9.17, 15) is 0 Å². The minimum Gasteiger partial charge on any atom is -0.870 e. The summed E-state index contributed by atoms with van der Waals surface area (Å²) in [6, 6.07) is 5.72. The topological polar surface area (TPSA) is 42.9 Å². The van der Waals surface area contributed by atoms with Crippen molar-refractivity contribution in [1.82, 2.24) is 4.98 Å². The third kappa shape index (κ3) is 4.27. The fraction of sp³-hybridized carbons (Fsp3) is 0. The molecule has 8 heavy (non-hydrogen) atoms. The molecule has 1 aromatic rings. The molecule has 38 valence electrons. The second-order valence-electron chi connectivity index (χ2n) is 1.02. The van der Waals surface area contributed by atoms with Crippen LogP contribution in [0.25, 0.3) is 0 Å². The van der Waals surface area contributed by atoms with Gasteiger partial charge in [-0.05, 0) is 12.1 Å². The van der Waals surface area contributed by atoms with E-state index < -0.39 is 0 Å². The van der Waals surface area contributed by atoms with Gasteiger partial charge in [-0.1, -0.05) is 6.07 Å². The molecule has 0 radical (unpaired) electrons. The van der Waals surface area contributed by atoms with Gasteiger partial charge in [0.05, 0.1) is 0 Å². The Bertz CT molecular complexity index is 84.4. The zero-order chi connectivity index (χ0) is 4.24. The normalized spacial score (nSPS) is 6.00. The minimum atomic E-state index is 0. The van der Waals surface area contributed by atoms with E-state index in [1.807, 2.05) is 18.2 Å². The van der Waals surface area contributed by atoms with E-state index >= 15 is 0 Å². The van der Waals surface area contributed by atoms with E-state index in [1.54, 1.807) is 12.4 Å². The Morgan fingerprint density at radius 2 is 1.38 bits per heavy atom. The van der Waals surface area contributed by atoms with Crippen molar-refractivity contribution in [3.05, 3.63) is 30.6 Å². The van der Waals surface area contributed by atoms with Crippen molar-refractivity contribution < 1.29 is 35.0 Å². The van der Waals surface area contributed by atoms with Crippen LogP contribution in [0.1, 0.15) is 0 Å². The number of hydrogen-bond acceptors (Lipinski definition) is 2. The second-order valence-corrected chi connectivity index (χ2v) is 1.02. The number of pyridine rings is 1. The molecule has 0 bridgehead atoms. The summed E-state index contributed by atoms with van der Waals surface area (Å²) in [5.74, 6) is 0. The van der Waals surface area contributed by atoms with Crippen LogP contribution in [0.5, 0.6) is 0 Å². The van der Waals surface area contributed by atoms with Crippen molar-refractivity contribution >= 4 is 0 Å². The van der Waals surface area contributed by atoms with Crippen molar-refractivity contribution in [2.75, 3.05) is 0 Å². The maximum atomic E-state index is 3.78. The molecule has 1 heterocycles. The van der Waals surface area contributed by atoms with Crippen LogP contribution in [-0.4, -0.2) is 10.5 Å². The maximum Gasteiger partial charge on any atom is 1.00 e. The first-order valence-corrected chi connectivity index (χ1v) is 1.85. The van der Waals surface area contributed by atoms with Gasteiger partial charge in [0.15, 0.2) is 0 Å². The molecule has 0 spiro atoms. The molecule has 0 aliphatic heterocycles. The van der Waals surface area contributed by atoms with E-state index in [0.29, 0.717) is 0 Å². The summed E-state index contributed by atoms with van der Waals surface area (Å²) in [4.78, 5) is 3.78. The van der Waals surface area contributed by atoms with Crippen molar-refractivity contribution in [3.8, 4) is 0 Å². The number of hydrogen-bond donors (Lipinski definition) is 0. The van der Waals surface area contributed by atoms with Crippen LogP contribution in [0.4, 0.5) is 0 Å². The first-order chi connectivity index (χ1) is 3.00. The zero-order valence-electron chi connectivity index (χ0n) is 4.78. The first kappa shape index (κ1) is 11.0. The minimum absolute atomic E-state index is 0. The van der Waals surface area contributed by atoms with Gasteiger partial charge in [0.25, 0.3) is 0 Å². The predicted molar refractivity (Wildman–Crippen MR) is 26.2 cm³/mol. The fourth-order valence-corrected chi connectivity index (χ4v) is 0.313.